The Morgan fingerprint density at radius 3 is 2.00 bits per heavy atom. The molecule has 1 nitrogen and oxygen atoms in total. The van der Waals surface area contributed by atoms with E-state index in [1.165, 1.54) is 5.92 Å². The lowest BCUT2D eigenvalue weighted by Gasteiger charge is -1.84. The predicted octanol–water partition coefficient (Wildman–Crippen LogP) is 1.58. The first-order valence-electron chi connectivity index (χ1n) is 2.41. The summed E-state index contributed by atoms with van der Waals surface area (Å²) in [4.78, 5) is 10.2. The minimum absolute atomic E-state index is 0.250. The van der Waals surface area contributed by atoms with E-state index in [0.29, 0.717) is 6.42 Å². The van der Waals surface area contributed by atoms with Crippen molar-refractivity contribution in [1.82, 2.24) is 0 Å². The number of rotatable bonds is 2. The molecule has 0 saturated carbocycles. The van der Waals surface area contributed by atoms with E-state index in [9.17, 15) is 4.79 Å². The third-order valence-corrected chi connectivity index (χ3v) is 0.602. The molecule has 0 aromatic heterocycles. The summed E-state index contributed by atoms with van der Waals surface area (Å²) < 4.78 is 0. The second kappa shape index (κ2) is 2.67. The zero-order valence-electron chi connectivity index (χ0n) is 5.12. The summed E-state index contributed by atoms with van der Waals surface area (Å²) in [5.74, 6) is 1.44. The number of carbonyl (C=O) groups is 1. The van der Waals surface area contributed by atoms with E-state index in [1.807, 2.05) is 13.8 Å². The molecule has 0 aliphatic heterocycles. The first-order chi connectivity index (χ1) is 3.13. The van der Waals surface area contributed by atoms with E-state index in [-0.39, 0.29) is 5.78 Å². The van der Waals surface area contributed by atoms with Crippen molar-refractivity contribution in [2.75, 3.05) is 0 Å². The van der Waals surface area contributed by atoms with Crippen LogP contribution in [-0.4, -0.2) is 5.78 Å². The molecule has 1 heteroatoms. The standard InChI is InChI=1S/C6H11O/c1-5(2)4-6(3)7/h4H2,1-3H3/q+1. The Labute approximate surface area is 44.7 Å². The predicted molar refractivity (Wildman–Crippen MR) is 29.9 cm³/mol. The third kappa shape index (κ3) is 5.54. The normalized spacial score (nSPS) is 8.43. The van der Waals surface area contributed by atoms with Crippen LogP contribution in [-0.2, 0) is 4.79 Å². The highest BCUT2D eigenvalue weighted by Crippen LogP contribution is 2.00. The fraction of sp³-hybridized carbons (Fsp3) is 0.667. The average molecular weight is 99.2 g/mol. The van der Waals surface area contributed by atoms with E-state index in [4.69, 9.17) is 0 Å². The molecule has 7 heavy (non-hydrogen) atoms. The number of ketones is 1. The molecule has 0 aromatic carbocycles. The maximum Gasteiger partial charge on any atom is 0.174 e. The molecule has 0 aliphatic carbocycles. The van der Waals surface area contributed by atoms with Crippen molar-refractivity contribution >= 4 is 5.78 Å². The summed E-state index contributed by atoms with van der Waals surface area (Å²) in [6.07, 6.45) is 0.639. The first-order valence-corrected chi connectivity index (χ1v) is 2.41. The van der Waals surface area contributed by atoms with Gasteiger partial charge in [0.25, 0.3) is 0 Å². The Kier molecular flexibility index (Phi) is 2.49. The summed E-state index contributed by atoms with van der Waals surface area (Å²) in [5.41, 5.74) is 0. The van der Waals surface area contributed by atoms with Crippen LogP contribution < -0.4 is 0 Å². The van der Waals surface area contributed by atoms with Crippen molar-refractivity contribution in [3.05, 3.63) is 5.92 Å². The van der Waals surface area contributed by atoms with Gasteiger partial charge >= 0.3 is 0 Å². The topological polar surface area (TPSA) is 17.1 Å². The van der Waals surface area contributed by atoms with Gasteiger partial charge in [0.15, 0.2) is 5.78 Å². The van der Waals surface area contributed by atoms with E-state index in [1.54, 1.807) is 6.92 Å². The van der Waals surface area contributed by atoms with Gasteiger partial charge < -0.3 is 0 Å². The molecule has 0 unspecified atom stereocenters. The maximum atomic E-state index is 10.2. The smallest absolute Gasteiger partial charge is 0.174 e. The Bertz CT molecular complexity index is 64.6. The highest BCUT2D eigenvalue weighted by molar-refractivity contribution is 5.77. The molecular formula is C6H11O+. The molecule has 0 rings (SSSR count). The minimum Gasteiger partial charge on any atom is -0.295 e. The summed E-state index contributed by atoms with van der Waals surface area (Å²) >= 11 is 0. The number of Topliss-reactive ketones (excluding diaryl/α,β-unsaturated/α-hetero) is 1. The molecule has 0 bridgehead atoms. The number of hydrogen-bond donors (Lipinski definition) is 0. The van der Waals surface area contributed by atoms with Crippen molar-refractivity contribution in [3.8, 4) is 0 Å². The molecule has 0 amide bonds. The first kappa shape index (κ1) is 6.54. The Hall–Kier alpha value is -0.460. The van der Waals surface area contributed by atoms with Crippen molar-refractivity contribution in [2.24, 2.45) is 0 Å². The molecule has 0 spiro atoms. The van der Waals surface area contributed by atoms with E-state index >= 15 is 0 Å². The van der Waals surface area contributed by atoms with Crippen LogP contribution in [0.3, 0.4) is 0 Å². The van der Waals surface area contributed by atoms with Gasteiger partial charge in [-0.2, -0.15) is 0 Å². The second-order valence-corrected chi connectivity index (χ2v) is 2.09. The van der Waals surface area contributed by atoms with Crippen LogP contribution in [0, 0.1) is 5.92 Å². The number of hydrogen-bond acceptors (Lipinski definition) is 1. The summed E-state index contributed by atoms with van der Waals surface area (Å²) in [7, 11) is 0. The average Bonchev–Trinajstić information content (AvgIpc) is 1.27. The van der Waals surface area contributed by atoms with Gasteiger partial charge in [-0.15, -0.1) is 0 Å². The van der Waals surface area contributed by atoms with Gasteiger partial charge in [-0.1, -0.05) is 0 Å². The molecule has 0 radical (unpaired) electrons. The lowest BCUT2D eigenvalue weighted by Crippen LogP contribution is -1.93. The zero-order valence-corrected chi connectivity index (χ0v) is 5.12. The SMILES string of the molecule is CC(=O)C[C+](C)C. The minimum atomic E-state index is 0.250. The van der Waals surface area contributed by atoms with Gasteiger partial charge in [0.05, 0.1) is 19.8 Å². The summed E-state index contributed by atoms with van der Waals surface area (Å²) in [6.45, 7) is 5.52. The van der Waals surface area contributed by atoms with Gasteiger partial charge in [-0.3, -0.25) is 4.79 Å². The van der Waals surface area contributed by atoms with Crippen LogP contribution in [0.4, 0.5) is 0 Å². The molecular weight excluding hydrogens is 88.1 g/mol. The van der Waals surface area contributed by atoms with Crippen LogP contribution in [0.5, 0.6) is 0 Å². The van der Waals surface area contributed by atoms with Gasteiger partial charge in [-0.05, 0) is 6.92 Å². The molecule has 40 valence electrons. The zero-order chi connectivity index (χ0) is 5.86. The van der Waals surface area contributed by atoms with Gasteiger partial charge in [0, 0.05) is 0 Å². The number of carbonyl (C=O) groups excluding carboxylic acids is 1. The Morgan fingerprint density at radius 1 is 1.57 bits per heavy atom. The van der Waals surface area contributed by atoms with E-state index in [2.05, 4.69) is 0 Å². The monoisotopic (exact) mass is 99.1 g/mol. The lowest BCUT2D eigenvalue weighted by molar-refractivity contribution is -0.116. The second-order valence-electron chi connectivity index (χ2n) is 2.09. The maximum absolute atomic E-state index is 10.2. The Morgan fingerprint density at radius 2 is 2.00 bits per heavy atom. The highest BCUT2D eigenvalue weighted by Gasteiger charge is 2.06. The van der Waals surface area contributed by atoms with Gasteiger partial charge in [0.1, 0.15) is 6.42 Å². The molecule has 0 aromatic rings. The largest absolute Gasteiger partial charge is 0.295 e. The Balaban J connectivity index is 3.13. The van der Waals surface area contributed by atoms with Gasteiger partial charge in [-0.25, -0.2) is 0 Å². The quantitative estimate of drug-likeness (QED) is 0.480. The molecule has 0 N–H and O–H groups in total. The van der Waals surface area contributed by atoms with Crippen molar-refractivity contribution in [1.29, 1.82) is 0 Å². The van der Waals surface area contributed by atoms with Crippen molar-refractivity contribution < 1.29 is 4.79 Å². The molecule has 0 heterocycles. The highest BCUT2D eigenvalue weighted by atomic mass is 16.1. The van der Waals surface area contributed by atoms with E-state index in [0.717, 1.165) is 0 Å². The van der Waals surface area contributed by atoms with Crippen LogP contribution in [0.1, 0.15) is 27.2 Å². The molecule has 0 aliphatic rings. The van der Waals surface area contributed by atoms with Crippen LogP contribution in [0.2, 0.25) is 0 Å². The van der Waals surface area contributed by atoms with Crippen LogP contribution in [0.25, 0.3) is 0 Å². The fourth-order valence-electron chi connectivity index (χ4n) is 0.498. The summed E-state index contributed by atoms with van der Waals surface area (Å²) in [5, 5.41) is 0. The summed E-state index contributed by atoms with van der Waals surface area (Å²) in [6, 6.07) is 0. The molecule has 0 fully saturated rings. The lowest BCUT2D eigenvalue weighted by atomic mass is 10.1. The molecule has 0 saturated heterocycles. The van der Waals surface area contributed by atoms with Crippen LogP contribution in [0.15, 0.2) is 0 Å². The van der Waals surface area contributed by atoms with Crippen molar-refractivity contribution in [3.63, 3.8) is 0 Å². The molecule has 0 atom stereocenters. The van der Waals surface area contributed by atoms with E-state index < -0.39 is 0 Å². The fourth-order valence-corrected chi connectivity index (χ4v) is 0.498. The van der Waals surface area contributed by atoms with Crippen molar-refractivity contribution in [2.45, 2.75) is 27.2 Å². The third-order valence-electron chi connectivity index (χ3n) is 0.602. The van der Waals surface area contributed by atoms with Crippen LogP contribution >= 0.6 is 0 Å². The van der Waals surface area contributed by atoms with Gasteiger partial charge in [0.2, 0.25) is 0 Å².